The van der Waals surface area contributed by atoms with E-state index in [1.165, 1.54) is 16.7 Å². The summed E-state index contributed by atoms with van der Waals surface area (Å²) in [4.78, 5) is 7.61. The Labute approximate surface area is 116 Å². The topological polar surface area (TPSA) is 15.6 Å². The van der Waals surface area contributed by atoms with Gasteiger partial charge in [0, 0.05) is 20.0 Å². The highest BCUT2D eigenvalue weighted by Gasteiger charge is 2.04. The van der Waals surface area contributed by atoms with Gasteiger partial charge in [0.15, 0.2) is 0 Å². The first-order chi connectivity index (χ1) is 8.43. The zero-order chi connectivity index (χ0) is 13.7. The molecule has 0 aromatic heterocycles. The molecular weight excluding hydrogens is 240 g/mol. The first-order valence-corrected chi connectivity index (χ1v) is 6.68. The van der Waals surface area contributed by atoms with Crippen molar-refractivity contribution in [1.82, 2.24) is 4.90 Å². The molecule has 0 radical (unpaired) electrons. The van der Waals surface area contributed by atoms with Crippen molar-refractivity contribution in [3.8, 4) is 0 Å². The van der Waals surface area contributed by atoms with Crippen molar-refractivity contribution in [1.29, 1.82) is 0 Å². The fourth-order valence-corrected chi connectivity index (χ4v) is 1.86. The Bertz CT molecular complexity index is 464. The maximum atomic E-state index is 5.18. The third-order valence-corrected chi connectivity index (χ3v) is 3.13. The average Bonchev–Trinajstić information content (AvgIpc) is 2.30. The van der Waals surface area contributed by atoms with Crippen molar-refractivity contribution in [2.24, 2.45) is 4.99 Å². The maximum absolute atomic E-state index is 5.18. The van der Waals surface area contributed by atoms with Crippen LogP contribution in [-0.2, 0) is 6.42 Å². The van der Waals surface area contributed by atoms with Gasteiger partial charge in [-0.2, -0.15) is 0 Å². The van der Waals surface area contributed by atoms with Gasteiger partial charge in [-0.15, -0.1) is 0 Å². The zero-order valence-corrected chi connectivity index (χ0v) is 12.8. The van der Waals surface area contributed by atoms with Crippen LogP contribution < -0.4 is 0 Å². The van der Waals surface area contributed by atoms with Gasteiger partial charge < -0.3 is 4.90 Å². The molecule has 98 valence electrons. The summed E-state index contributed by atoms with van der Waals surface area (Å²) in [5, 5.41) is 0. The van der Waals surface area contributed by atoms with E-state index in [1.54, 1.807) is 0 Å². The second-order valence-electron chi connectivity index (χ2n) is 4.76. The van der Waals surface area contributed by atoms with Crippen LogP contribution in [0.1, 0.15) is 30.5 Å². The first kappa shape index (κ1) is 14.8. The molecule has 0 spiro atoms. The molecule has 0 aliphatic heterocycles. The Kier molecular flexibility index (Phi) is 5.48. The van der Waals surface area contributed by atoms with Crippen LogP contribution in [0.2, 0.25) is 0 Å². The summed E-state index contributed by atoms with van der Waals surface area (Å²) in [5.41, 5.74) is 4.81. The third kappa shape index (κ3) is 4.22. The summed E-state index contributed by atoms with van der Waals surface area (Å²) in [6.45, 7) is 9.28. The monoisotopic (exact) mass is 262 g/mol. The smallest absolute Gasteiger partial charge is 0.0909 e. The largest absolute Gasteiger partial charge is 0.366 e. The highest BCUT2D eigenvalue weighted by atomic mass is 32.1. The van der Waals surface area contributed by atoms with Crippen LogP contribution in [0, 0.1) is 13.8 Å². The van der Waals surface area contributed by atoms with Gasteiger partial charge in [0.05, 0.1) is 12.0 Å². The molecule has 2 nitrogen and oxygen atoms in total. The van der Waals surface area contributed by atoms with Crippen LogP contribution >= 0.6 is 12.2 Å². The van der Waals surface area contributed by atoms with Crippen LogP contribution in [0.4, 0.5) is 5.69 Å². The molecule has 18 heavy (non-hydrogen) atoms. The molecule has 0 heterocycles. The Morgan fingerprint density at radius 1 is 1.33 bits per heavy atom. The normalized spacial score (nSPS) is 10.9. The third-order valence-electron chi connectivity index (χ3n) is 2.99. The van der Waals surface area contributed by atoms with Gasteiger partial charge in [0.1, 0.15) is 0 Å². The van der Waals surface area contributed by atoms with Crippen molar-refractivity contribution >= 4 is 29.1 Å². The molecule has 0 saturated carbocycles. The number of hydrogen-bond acceptors (Lipinski definition) is 2. The number of aliphatic imine (C=N–C) groups is 1. The second kappa shape index (κ2) is 6.64. The molecule has 0 bridgehead atoms. The minimum atomic E-state index is 0.876. The van der Waals surface area contributed by atoms with Crippen LogP contribution in [0.25, 0.3) is 0 Å². The lowest BCUT2D eigenvalue weighted by atomic mass is 10.0. The molecule has 0 amide bonds. The van der Waals surface area contributed by atoms with E-state index in [0.29, 0.717) is 0 Å². The molecule has 0 fully saturated rings. The lowest BCUT2D eigenvalue weighted by molar-refractivity contribution is 0.552. The first-order valence-electron chi connectivity index (χ1n) is 6.28. The molecule has 0 atom stereocenters. The van der Waals surface area contributed by atoms with Crippen LogP contribution in [0.5, 0.6) is 0 Å². The van der Waals surface area contributed by atoms with E-state index in [1.807, 2.05) is 20.3 Å². The minimum Gasteiger partial charge on any atom is -0.366 e. The quantitative estimate of drug-likeness (QED) is 0.455. The SMILES string of the molecule is CCN(C)/C=N/c1cc(C)c(CC(C)=S)cc1C. The fourth-order valence-electron chi connectivity index (χ4n) is 1.70. The van der Waals surface area contributed by atoms with Crippen LogP contribution in [-0.4, -0.2) is 29.7 Å². The summed E-state index contributed by atoms with van der Waals surface area (Å²) < 4.78 is 0. The Balaban J connectivity index is 2.99. The van der Waals surface area contributed by atoms with E-state index >= 15 is 0 Å². The number of rotatable bonds is 5. The van der Waals surface area contributed by atoms with Gasteiger partial charge >= 0.3 is 0 Å². The minimum absolute atomic E-state index is 0.876. The van der Waals surface area contributed by atoms with Gasteiger partial charge in [0.25, 0.3) is 0 Å². The Hall–Kier alpha value is -1.22. The fraction of sp³-hybridized carbons (Fsp3) is 0.467. The number of nitrogens with zero attached hydrogens (tertiary/aromatic N) is 2. The molecule has 0 aliphatic rings. The van der Waals surface area contributed by atoms with Gasteiger partial charge in [-0.1, -0.05) is 18.3 Å². The maximum Gasteiger partial charge on any atom is 0.0909 e. The average molecular weight is 262 g/mol. The van der Waals surface area contributed by atoms with E-state index in [9.17, 15) is 0 Å². The molecule has 0 saturated heterocycles. The number of aryl methyl sites for hydroxylation is 2. The van der Waals surface area contributed by atoms with Gasteiger partial charge in [-0.25, -0.2) is 4.99 Å². The van der Waals surface area contributed by atoms with Crippen molar-refractivity contribution < 1.29 is 0 Å². The molecule has 1 aromatic carbocycles. The lowest BCUT2D eigenvalue weighted by Crippen LogP contribution is -2.14. The number of thiocarbonyl (C=S) groups is 1. The van der Waals surface area contributed by atoms with Gasteiger partial charge in [-0.05, 0) is 55.3 Å². The Morgan fingerprint density at radius 2 is 2.00 bits per heavy atom. The lowest BCUT2D eigenvalue weighted by Gasteiger charge is -2.11. The van der Waals surface area contributed by atoms with E-state index in [0.717, 1.165) is 23.5 Å². The van der Waals surface area contributed by atoms with Gasteiger partial charge in [0.2, 0.25) is 0 Å². The second-order valence-corrected chi connectivity index (χ2v) is 5.46. The van der Waals surface area contributed by atoms with E-state index in [4.69, 9.17) is 12.2 Å². The molecule has 1 rings (SSSR count). The summed E-state index contributed by atoms with van der Waals surface area (Å²) in [6.07, 6.45) is 2.76. The van der Waals surface area contributed by atoms with Crippen molar-refractivity contribution in [2.75, 3.05) is 13.6 Å². The molecule has 3 heteroatoms. The predicted molar refractivity (Wildman–Crippen MR) is 84.3 cm³/mol. The van der Waals surface area contributed by atoms with E-state index < -0.39 is 0 Å². The van der Waals surface area contributed by atoms with Crippen molar-refractivity contribution in [3.63, 3.8) is 0 Å². The summed E-state index contributed by atoms with van der Waals surface area (Å²) in [7, 11) is 2.02. The zero-order valence-electron chi connectivity index (χ0n) is 11.9. The highest BCUT2D eigenvalue weighted by molar-refractivity contribution is 7.80. The standard InChI is InChI=1S/C15H22N2S/c1-6-17(5)10-16-15-8-11(2)14(7-12(15)3)9-13(4)18/h7-8,10H,6,9H2,1-5H3/b16-10+. The van der Waals surface area contributed by atoms with Crippen LogP contribution in [0.15, 0.2) is 17.1 Å². The van der Waals surface area contributed by atoms with E-state index in [2.05, 4.69) is 42.8 Å². The molecule has 0 unspecified atom stereocenters. The molecule has 0 N–H and O–H groups in total. The van der Waals surface area contributed by atoms with Crippen molar-refractivity contribution in [3.05, 3.63) is 28.8 Å². The molecular formula is C15H22N2S. The van der Waals surface area contributed by atoms with Gasteiger partial charge in [-0.3, -0.25) is 0 Å². The predicted octanol–water partition coefficient (Wildman–Crippen LogP) is 3.85. The number of benzene rings is 1. The number of hydrogen-bond donors (Lipinski definition) is 0. The van der Waals surface area contributed by atoms with Crippen molar-refractivity contribution in [2.45, 2.75) is 34.1 Å². The summed E-state index contributed by atoms with van der Waals surface area (Å²) in [5.74, 6) is 0. The van der Waals surface area contributed by atoms with E-state index in [-0.39, 0.29) is 0 Å². The molecule has 1 aromatic rings. The summed E-state index contributed by atoms with van der Waals surface area (Å²) >= 11 is 5.18. The molecule has 0 aliphatic carbocycles. The highest BCUT2D eigenvalue weighted by Crippen LogP contribution is 2.23. The Morgan fingerprint density at radius 3 is 2.56 bits per heavy atom. The summed E-state index contributed by atoms with van der Waals surface area (Å²) in [6, 6.07) is 4.34. The van der Waals surface area contributed by atoms with Crippen LogP contribution in [0.3, 0.4) is 0 Å².